The van der Waals surface area contributed by atoms with Crippen molar-refractivity contribution in [3.8, 4) is 0 Å². The third-order valence-corrected chi connectivity index (χ3v) is 7.00. The van der Waals surface area contributed by atoms with E-state index in [-0.39, 0.29) is 11.0 Å². The molecule has 0 atom stereocenters. The minimum absolute atomic E-state index is 0.0264. The molecular formula is C20H27N3O. The molecule has 0 radical (unpaired) electrons. The molecule has 2 saturated heterocycles. The summed E-state index contributed by atoms with van der Waals surface area (Å²) in [5.74, 6) is 0.408. The fourth-order valence-electron chi connectivity index (χ4n) is 5.78. The fraction of sp³-hybridized carbons (Fsp3) is 0.650. The van der Waals surface area contributed by atoms with Gasteiger partial charge in [0.15, 0.2) is 0 Å². The zero-order valence-electron chi connectivity index (χ0n) is 14.3. The monoisotopic (exact) mass is 325 g/mol. The summed E-state index contributed by atoms with van der Waals surface area (Å²) in [4.78, 5) is 17.5. The molecule has 5 fully saturated rings. The van der Waals surface area contributed by atoms with Crippen molar-refractivity contribution < 1.29 is 4.79 Å². The van der Waals surface area contributed by atoms with Gasteiger partial charge in [0, 0.05) is 38.3 Å². The van der Waals surface area contributed by atoms with Crippen molar-refractivity contribution in [3.63, 3.8) is 0 Å². The first-order valence-corrected chi connectivity index (χ1v) is 9.35. The van der Waals surface area contributed by atoms with Crippen LogP contribution in [0.5, 0.6) is 0 Å². The predicted molar refractivity (Wildman–Crippen MR) is 93.2 cm³/mol. The lowest BCUT2D eigenvalue weighted by atomic mass is 9.39. The van der Waals surface area contributed by atoms with Gasteiger partial charge in [0.1, 0.15) is 0 Å². The van der Waals surface area contributed by atoms with E-state index in [0.717, 1.165) is 38.9 Å². The van der Waals surface area contributed by atoms with Crippen LogP contribution < -0.4 is 5.73 Å². The SMILES string of the molecule is NC12CC(C(=O)N3CCC4(CC3)CN(Cc3ccccc3)C4)(C1)C2. The summed E-state index contributed by atoms with van der Waals surface area (Å²) in [5.41, 5.74) is 7.97. The van der Waals surface area contributed by atoms with E-state index in [4.69, 9.17) is 5.73 Å². The third-order valence-electron chi connectivity index (χ3n) is 7.00. The first-order chi connectivity index (χ1) is 11.5. The van der Waals surface area contributed by atoms with E-state index in [0.29, 0.717) is 11.3 Å². The van der Waals surface area contributed by atoms with E-state index in [9.17, 15) is 4.79 Å². The average molecular weight is 325 g/mol. The molecule has 2 bridgehead atoms. The molecule has 1 aromatic rings. The van der Waals surface area contributed by atoms with Crippen LogP contribution in [0, 0.1) is 10.8 Å². The van der Waals surface area contributed by atoms with Crippen LogP contribution in [-0.2, 0) is 11.3 Å². The highest BCUT2D eigenvalue weighted by Gasteiger charge is 2.70. The van der Waals surface area contributed by atoms with Crippen molar-refractivity contribution in [2.45, 2.75) is 44.2 Å². The Labute approximate surface area is 144 Å². The number of hydrogen-bond acceptors (Lipinski definition) is 3. The topological polar surface area (TPSA) is 49.6 Å². The molecule has 24 heavy (non-hydrogen) atoms. The summed E-state index contributed by atoms with van der Waals surface area (Å²) in [6, 6.07) is 10.7. The fourth-order valence-corrected chi connectivity index (χ4v) is 5.78. The third kappa shape index (κ3) is 2.16. The molecule has 128 valence electrons. The molecule has 1 aromatic carbocycles. The highest BCUT2D eigenvalue weighted by atomic mass is 16.2. The zero-order valence-corrected chi connectivity index (χ0v) is 14.3. The molecule has 2 aliphatic heterocycles. The Morgan fingerprint density at radius 2 is 1.67 bits per heavy atom. The lowest BCUT2D eigenvalue weighted by Gasteiger charge is -2.68. The Kier molecular flexibility index (Phi) is 3.00. The molecule has 0 aromatic heterocycles. The second-order valence-corrected chi connectivity index (χ2v) is 9.10. The van der Waals surface area contributed by atoms with Gasteiger partial charge in [-0.1, -0.05) is 30.3 Å². The van der Waals surface area contributed by atoms with Gasteiger partial charge < -0.3 is 10.6 Å². The van der Waals surface area contributed by atoms with Crippen molar-refractivity contribution in [3.05, 3.63) is 35.9 Å². The van der Waals surface area contributed by atoms with Gasteiger partial charge in [0.05, 0.1) is 5.41 Å². The number of nitrogens with two attached hydrogens (primary N) is 1. The number of rotatable bonds is 3. The Morgan fingerprint density at radius 1 is 1.04 bits per heavy atom. The number of likely N-dealkylation sites (tertiary alicyclic amines) is 2. The highest BCUT2D eigenvalue weighted by molar-refractivity contribution is 5.87. The Morgan fingerprint density at radius 3 is 2.25 bits per heavy atom. The standard InChI is InChI=1S/C20H27N3O/c21-20-11-19(12-20,13-20)17(24)23-8-6-18(7-9-23)14-22(15-18)10-16-4-2-1-3-5-16/h1-5H,6-15,21H2. The number of carbonyl (C=O) groups excluding carboxylic acids is 1. The molecule has 3 saturated carbocycles. The molecular weight excluding hydrogens is 298 g/mol. The average Bonchev–Trinajstić information content (AvgIpc) is 2.50. The Hall–Kier alpha value is -1.39. The Balaban J connectivity index is 1.12. The van der Waals surface area contributed by atoms with Crippen LogP contribution in [0.15, 0.2) is 30.3 Å². The number of amides is 1. The zero-order chi connectivity index (χ0) is 16.4. The number of hydrogen-bond donors (Lipinski definition) is 1. The summed E-state index contributed by atoms with van der Waals surface area (Å²) in [7, 11) is 0. The molecule has 1 amide bonds. The van der Waals surface area contributed by atoms with Crippen molar-refractivity contribution in [1.82, 2.24) is 9.80 Å². The molecule has 4 heteroatoms. The van der Waals surface area contributed by atoms with E-state index >= 15 is 0 Å². The minimum atomic E-state index is -0.0434. The number of piperidine rings is 1. The van der Waals surface area contributed by atoms with Crippen molar-refractivity contribution in [2.24, 2.45) is 16.6 Å². The number of benzene rings is 1. The van der Waals surface area contributed by atoms with Gasteiger partial charge in [-0.3, -0.25) is 9.69 Å². The first kappa shape index (κ1) is 14.9. The van der Waals surface area contributed by atoms with E-state index in [1.54, 1.807) is 0 Å². The van der Waals surface area contributed by atoms with E-state index in [1.807, 2.05) is 0 Å². The van der Waals surface area contributed by atoms with Gasteiger partial charge in [0.25, 0.3) is 0 Å². The van der Waals surface area contributed by atoms with Gasteiger partial charge in [-0.2, -0.15) is 0 Å². The van der Waals surface area contributed by atoms with Crippen LogP contribution in [0.1, 0.15) is 37.7 Å². The molecule has 1 spiro atoms. The van der Waals surface area contributed by atoms with Crippen molar-refractivity contribution in [2.75, 3.05) is 26.2 Å². The largest absolute Gasteiger partial charge is 0.342 e. The lowest BCUT2D eigenvalue weighted by Crippen LogP contribution is -2.77. The first-order valence-electron chi connectivity index (χ1n) is 9.35. The van der Waals surface area contributed by atoms with Gasteiger partial charge in [0.2, 0.25) is 5.91 Å². The van der Waals surface area contributed by atoms with Gasteiger partial charge in [-0.15, -0.1) is 0 Å². The molecule has 2 N–H and O–H groups in total. The van der Waals surface area contributed by atoms with Gasteiger partial charge >= 0.3 is 0 Å². The quantitative estimate of drug-likeness (QED) is 0.925. The predicted octanol–water partition coefficient (Wildman–Crippen LogP) is 1.99. The summed E-state index contributed by atoms with van der Waals surface area (Å²) in [5, 5.41) is 0. The highest BCUT2D eigenvalue weighted by Crippen LogP contribution is 2.66. The molecule has 6 rings (SSSR count). The molecule has 4 nitrogen and oxygen atoms in total. The number of carbonyl (C=O) groups is 1. The molecule has 3 aliphatic carbocycles. The summed E-state index contributed by atoms with van der Waals surface area (Å²) in [6.45, 7) is 5.36. The van der Waals surface area contributed by atoms with E-state index < -0.39 is 0 Å². The van der Waals surface area contributed by atoms with Gasteiger partial charge in [-0.25, -0.2) is 0 Å². The summed E-state index contributed by atoms with van der Waals surface area (Å²) >= 11 is 0. The molecule has 2 heterocycles. The Bertz CT molecular complexity index is 635. The van der Waals surface area contributed by atoms with Crippen LogP contribution in [0.2, 0.25) is 0 Å². The maximum atomic E-state index is 12.8. The maximum absolute atomic E-state index is 12.8. The smallest absolute Gasteiger partial charge is 0.229 e. The van der Waals surface area contributed by atoms with Crippen LogP contribution in [0.4, 0.5) is 0 Å². The van der Waals surface area contributed by atoms with E-state index in [1.165, 1.54) is 31.5 Å². The minimum Gasteiger partial charge on any atom is -0.342 e. The number of nitrogens with zero attached hydrogens (tertiary/aromatic N) is 2. The van der Waals surface area contributed by atoms with Gasteiger partial charge in [-0.05, 0) is 43.1 Å². The van der Waals surface area contributed by atoms with E-state index in [2.05, 4.69) is 40.1 Å². The van der Waals surface area contributed by atoms with Crippen molar-refractivity contribution in [1.29, 1.82) is 0 Å². The molecule has 5 aliphatic rings. The van der Waals surface area contributed by atoms with Crippen LogP contribution in [-0.4, -0.2) is 47.4 Å². The normalized spacial score (nSPS) is 36.6. The second-order valence-electron chi connectivity index (χ2n) is 9.10. The van der Waals surface area contributed by atoms with Crippen LogP contribution in [0.25, 0.3) is 0 Å². The summed E-state index contributed by atoms with van der Waals surface area (Å²) < 4.78 is 0. The van der Waals surface area contributed by atoms with Crippen LogP contribution >= 0.6 is 0 Å². The maximum Gasteiger partial charge on any atom is 0.229 e. The summed E-state index contributed by atoms with van der Waals surface area (Å²) in [6.07, 6.45) is 5.16. The second kappa shape index (κ2) is 4.83. The van der Waals surface area contributed by atoms with Crippen molar-refractivity contribution >= 4 is 5.91 Å². The van der Waals surface area contributed by atoms with Crippen LogP contribution in [0.3, 0.4) is 0 Å². The lowest BCUT2D eigenvalue weighted by molar-refractivity contribution is -0.187. The molecule has 0 unspecified atom stereocenters.